The van der Waals surface area contributed by atoms with E-state index in [-0.39, 0.29) is 37.4 Å². The van der Waals surface area contributed by atoms with Crippen molar-refractivity contribution >= 4 is 39.1 Å². The van der Waals surface area contributed by atoms with E-state index in [9.17, 15) is 18.0 Å². The van der Waals surface area contributed by atoms with Crippen molar-refractivity contribution in [1.82, 2.24) is 10.2 Å². The van der Waals surface area contributed by atoms with Crippen LogP contribution in [0.25, 0.3) is 0 Å². The predicted octanol–water partition coefficient (Wildman–Crippen LogP) is 4.44. The number of halogens is 1. The van der Waals surface area contributed by atoms with Crippen LogP contribution in [-0.4, -0.2) is 50.0 Å². The summed E-state index contributed by atoms with van der Waals surface area (Å²) in [5, 5.41) is 3.45. The smallest absolute Gasteiger partial charge is 0.242 e. The number of carbonyl (C=O) groups excluding carboxylic acids is 2. The average molecular weight is 522 g/mol. The highest BCUT2D eigenvalue weighted by molar-refractivity contribution is 7.92. The van der Waals surface area contributed by atoms with E-state index in [2.05, 4.69) is 5.32 Å². The largest absolute Gasteiger partial charge is 0.352 e. The molecule has 2 aromatic rings. The number of nitrogens with one attached hydrogen (secondary N) is 1. The van der Waals surface area contributed by atoms with E-state index in [1.54, 1.807) is 25.1 Å². The van der Waals surface area contributed by atoms with E-state index in [4.69, 9.17) is 11.6 Å². The Labute approximate surface area is 214 Å². The van der Waals surface area contributed by atoms with Crippen LogP contribution in [0.15, 0.2) is 42.5 Å². The van der Waals surface area contributed by atoms with Crippen molar-refractivity contribution in [3.8, 4) is 0 Å². The topological polar surface area (TPSA) is 86.8 Å². The van der Waals surface area contributed by atoms with Gasteiger partial charge in [0.2, 0.25) is 21.8 Å². The van der Waals surface area contributed by atoms with Gasteiger partial charge in [0, 0.05) is 30.6 Å². The molecule has 0 saturated carbocycles. The number of sulfonamides is 1. The molecular weight excluding hydrogens is 486 g/mol. The molecule has 0 saturated heterocycles. The molecule has 1 atom stereocenters. The summed E-state index contributed by atoms with van der Waals surface area (Å²) >= 11 is 5.99. The Morgan fingerprint density at radius 2 is 1.66 bits per heavy atom. The van der Waals surface area contributed by atoms with E-state index in [1.165, 1.54) is 15.5 Å². The Hall–Kier alpha value is -2.58. The van der Waals surface area contributed by atoms with E-state index in [0.29, 0.717) is 17.1 Å². The fourth-order valence-electron chi connectivity index (χ4n) is 3.76. The van der Waals surface area contributed by atoms with Crippen molar-refractivity contribution < 1.29 is 18.0 Å². The summed E-state index contributed by atoms with van der Waals surface area (Å²) in [6.45, 7) is 9.65. The van der Waals surface area contributed by atoms with Crippen LogP contribution < -0.4 is 9.62 Å². The van der Waals surface area contributed by atoms with Crippen molar-refractivity contribution in [2.24, 2.45) is 0 Å². The SMILES string of the molecule is Cc1cccc(N(CCCC(=O)N(Cc2ccc(Cl)cc2)C(C)C(=O)NC(C)C)S(C)(=O)=O)c1C. The first kappa shape index (κ1) is 28.7. The zero-order chi connectivity index (χ0) is 26.3. The van der Waals surface area contributed by atoms with Gasteiger partial charge in [0.05, 0.1) is 11.9 Å². The molecule has 0 spiro atoms. The minimum absolute atomic E-state index is 0.0571. The molecule has 1 unspecified atom stereocenters. The second-order valence-corrected chi connectivity index (χ2v) is 11.5. The van der Waals surface area contributed by atoms with Crippen LogP contribution in [-0.2, 0) is 26.2 Å². The van der Waals surface area contributed by atoms with Crippen molar-refractivity contribution in [3.05, 3.63) is 64.2 Å². The van der Waals surface area contributed by atoms with Gasteiger partial charge in [0.15, 0.2) is 0 Å². The third kappa shape index (κ3) is 8.25. The molecule has 9 heteroatoms. The van der Waals surface area contributed by atoms with Gasteiger partial charge in [-0.1, -0.05) is 35.9 Å². The second kappa shape index (κ2) is 12.4. The van der Waals surface area contributed by atoms with Gasteiger partial charge in [-0.2, -0.15) is 0 Å². The lowest BCUT2D eigenvalue weighted by atomic mass is 10.1. The zero-order valence-electron chi connectivity index (χ0n) is 21.3. The number of carbonyl (C=O) groups is 2. The summed E-state index contributed by atoms with van der Waals surface area (Å²) < 4.78 is 26.4. The van der Waals surface area contributed by atoms with Crippen molar-refractivity contribution in [3.63, 3.8) is 0 Å². The molecule has 0 bridgehead atoms. The summed E-state index contributed by atoms with van der Waals surface area (Å²) in [6, 6.07) is 11.9. The van der Waals surface area contributed by atoms with Crippen LogP contribution in [0.1, 0.15) is 50.3 Å². The molecule has 2 amide bonds. The van der Waals surface area contributed by atoms with Crippen LogP contribution in [0, 0.1) is 13.8 Å². The lowest BCUT2D eigenvalue weighted by molar-refractivity contribution is -0.140. The minimum Gasteiger partial charge on any atom is -0.352 e. The Morgan fingerprint density at radius 3 is 2.23 bits per heavy atom. The van der Waals surface area contributed by atoms with Gasteiger partial charge in [-0.3, -0.25) is 13.9 Å². The Balaban J connectivity index is 2.20. The maximum Gasteiger partial charge on any atom is 0.242 e. The molecular formula is C26H36ClN3O4S. The number of rotatable bonds is 11. The summed E-state index contributed by atoms with van der Waals surface area (Å²) in [7, 11) is -3.54. The molecule has 0 aliphatic carbocycles. The number of hydrogen-bond acceptors (Lipinski definition) is 4. The molecule has 192 valence electrons. The van der Waals surface area contributed by atoms with Gasteiger partial charge >= 0.3 is 0 Å². The van der Waals surface area contributed by atoms with Gasteiger partial charge in [-0.05, 0) is 75.9 Å². The molecule has 0 radical (unpaired) electrons. The number of nitrogens with zero attached hydrogens (tertiary/aromatic N) is 2. The number of aryl methyl sites for hydroxylation is 1. The van der Waals surface area contributed by atoms with E-state index in [0.717, 1.165) is 16.7 Å². The molecule has 1 N–H and O–H groups in total. The van der Waals surface area contributed by atoms with Gasteiger partial charge in [-0.15, -0.1) is 0 Å². The highest BCUT2D eigenvalue weighted by atomic mass is 35.5. The second-order valence-electron chi connectivity index (χ2n) is 9.15. The van der Waals surface area contributed by atoms with E-state index in [1.807, 2.05) is 52.0 Å². The minimum atomic E-state index is -3.54. The van der Waals surface area contributed by atoms with Crippen molar-refractivity contribution in [1.29, 1.82) is 0 Å². The van der Waals surface area contributed by atoms with E-state index >= 15 is 0 Å². The van der Waals surface area contributed by atoms with Crippen molar-refractivity contribution in [2.75, 3.05) is 17.1 Å². The Bertz CT molecular complexity index is 1130. The lowest BCUT2D eigenvalue weighted by Gasteiger charge is -2.30. The number of amides is 2. The molecule has 0 aromatic heterocycles. The van der Waals surface area contributed by atoms with Crippen LogP contribution in [0.5, 0.6) is 0 Å². The fourth-order valence-corrected chi connectivity index (χ4v) is 4.90. The van der Waals surface area contributed by atoms with Crippen molar-refractivity contribution in [2.45, 2.75) is 66.1 Å². The predicted molar refractivity (Wildman–Crippen MR) is 142 cm³/mol. The lowest BCUT2D eigenvalue weighted by Crippen LogP contribution is -2.49. The molecule has 0 aliphatic rings. The molecule has 2 aromatic carbocycles. The molecule has 2 rings (SSSR count). The fraction of sp³-hybridized carbons (Fsp3) is 0.462. The normalized spacial score (nSPS) is 12.3. The molecule has 0 fully saturated rings. The van der Waals surface area contributed by atoms with E-state index < -0.39 is 16.1 Å². The first-order valence-corrected chi connectivity index (χ1v) is 13.9. The van der Waals surface area contributed by atoms with Crippen LogP contribution in [0.4, 0.5) is 5.69 Å². The Morgan fingerprint density at radius 1 is 1.03 bits per heavy atom. The average Bonchev–Trinajstić information content (AvgIpc) is 2.76. The van der Waals surface area contributed by atoms with Gasteiger partial charge < -0.3 is 10.2 Å². The first-order chi connectivity index (χ1) is 16.3. The quantitative estimate of drug-likeness (QED) is 0.473. The number of anilines is 1. The molecule has 7 nitrogen and oxygen atoms in total. The zero-order valence-corrected chi connectivity index (χ0v) is 22.9. The maximum absolute atomic E-state index is 13.3. The monoisotopic (exact) mass is 521 g/mol. The summed E-state index contributed by atoms with van der Waals surface area (Å²) in [5.74, 6) is -0.462. The standard InChI is InChI=1S/C26H36ClN3O4S/c1-18(2)28-26(32)21(5)29(17-22-12-14-23(27)15-13-22)25(31)11-8-16-30(35(6,33)34)24-10-7-9-19(3)20(24)4/h7,9-10,12-15,18,21H,8,11,16-17H2,1-6H3,(H,28,32). The summed E-state index contributed by atoms with van der Waals surface area (Å²) in [4.78, 5) is 27.5. The van der Waals surface area contributed by atoms with Crippen LogP contribution >= 0.6 is 11.6 Å². The van der Waals surface area contributed by atoms with Crippen LogP contribution in [0.2, 0.25) is 5.02 Å². The number of benzene rings is 2. The number of hydrogen-bond donors (Lipinski definition) is 1. The molecule has 0 heterocycles. The third-order valence-electron chi connectivity index (χ3n) is 5.86. The highest BCUT2D eigenvalue weighted by Crippen LogP contribution is 2.25. The first-order valence-electron chi connectivity index (χ1n) is 11.7. The maximum atomic E-state index is 13.3. The Kier molecular flexibility index (Phi) is 10.2. The van der Waals surface area contributed by atoms with Crippen LogP contribution in [0.3, 0.4) is 0 Å². The summed E-state index contributed by atoms with van der Waals surface area (Å²) in [5.41, 5.74) is 3.33. The van der Waals surface area contributed by atoms with Gasteiger partial charge in [0.25, 0.3) is 0 Å². The van der Waals surface area contributed by atoms with Gasteiger partial charge in [0.1, 0.15) is 6.04 Å². The molecule has 0 aliphatic heterocycles. The highest BCUT2D eigenvalue weighted by Gasteiger charge is 2.27. The molecule has 35 heavy (non-hydrogen) atoms. The van der Waals surface area contributed by atoms with Gasteiger partial charge in [-0.25, -0.2) is 8.42 Å². The summed E-state index contributed by atoms with van der Waals surface area (Å²) in [6.07, 6.45) is 1.58. The third-order valence-corrected chi connectivity index (χ3v) is 7.29.